The van der Waals surface area contributed by atoms with E-state index in [1.54, 1.807) is 21.3 Å². The molecule has 0 bridgehead atoms. The van der Waals surface area contributed by atoms with Gasteiger partial charge in [-0.3, -0.25) is 0 Å². The molecule has 2 saturated heterocycles. The van der Waals surface area contributed by atoms with E-state index in [0.717, 1.165) is 0 Å². The van der Waals surface area contributed by atoms with Gasteiger partial charge >= 0.3 is 0 Å². The molecular formula is C12H22O7. The minimum absolute atomic E-state index is 0.192. The lowest BCUT2D eigenvalue weighted by Gasteiger charge is -2.41. The third-order valence-corrected chi connectivity index (χ3v) is 3.51. The van der Waals surface area contributed by atoms with Gasteiger partial charge in [0.05, 0.1) is 13.2 Å². The van der Waals surface area contributed by atoms with Crippen LogP contribution in [0.15, 0.2) is 0 Å². The second-order valence-electron chi connectivity index (χ2n) is 4.49. The van der Waals surface area contributed by atoms with Crippen LogP contribution in [-0.4, -0.2) is 78.6 Å². The highest BCUT2D eigenvalue weighted by Crippen LogP contribution is 2.24. The molecule has 2 heterocycles. The lowest BCUT2D eigenvalue weighted by Crippen LogP contribution is -2.58. The van der Waals surface area contributed by atoms with Gasteiger partial charge in [0.25, 0.3) is 0 Å². The van der Waals surface area contributed by atoms with Gasteiger partial charge in [-0.2, -0.15) is 0 Å². The molecule has 2 rings (SSSR count). The van der Waals surface area contributed by atoms with Crippen molar-refractivity contribution in [3.8, 4) is 0 Å². The van der Waals surface area contributed by atoms with Gasteiger partial charge in [0.1, 0.15) is 44.1 Å². The molecule has 7 nitrogen and oxygen atoms in total. The SMILES string of the molecule is COC([C@@H]1OCOC[C@@H]1OC)[C@@H]1OCOC[C@H]1OC. The Kier molecular flexibility index (Phi) is 5.96. The van der Waals surface area contributed by atoms with E-state index < -0.39 is 0 Å². The van der Waals surface area contributed by atoms with E-state index in [4.69, 9.17) is 33.2 Å². The number of rotatable bonds is 5. The molecule has 0 aromatic heterocycles. The van der Waals surface area contributed by atoms with Crippen molar-refractivity contribution in [2.24, 2.45) is 0 Å². The number of methoxy groups -OCH3 is 3. The maximum absolute atomic E-state index is 5.63. The van der Waals surface area contributed by atoms with Crippen LogP contribution in [0.4, 0.5) is 0 Å². The highest BCUT2D eigenvalue weighted by Gasteiger charge is 2.43. The van der Waals surface area contributed by atoms with Crippen LogP contribution in [-0.2, 0) is 33.2 Å². The van der Waals surface area contributed by atoms with Gasteiger partial charge in [0.15, 0.2) is 0 Å². The zero-order valence-electron chi connectivity index (χ0n) is 11.6. The highest BCUT2D eigenvalue weighted by molar-refractivity contribution is 4.91. The Bertz CT molecular complexity index is 238. The number of hydrogen-bond acceptors (Lipinski definition) is 7. The van der Waals surface area contributed by atoms with Crippen LogP contribution < -0.4 is 0 Å². The van der Waals surface area contributed by atoms with Crippen molar-refractivity contribution in [3.05, 3.63) is 0 Å². The summed E-state index contributed by atoms with van der Waals surface area (Å²) in [6.07, 6.45) is -1.21. The summed E-state index contributed by atoms with van der Waals surface area (Å²) < 4.78 is 38.1. The maximum Gasteiger partial charge on any atom is 0.147 e. The molecular weight excluding hydrogens is 256 g/mol. The Morgan fingerprint density at radius 2 is 1.32 bits per heavy atom. The molecule has 0 aromatic carbocycles. The molecule has 7 heteroatoms. The van der Waals surface area contributed by atoms with Crippen LogP contribution in [0.2, 0.25) is 0 Å². The predicted octanol–water partition coefficient (Wildman–Crippen LogP) is -0.223. The van der Waals surface area contributed by atoms with Crippen molar-refractivity contribution in [1.82, 2.24) is 0 Å². The highest BCUT2D eigenvalue weighted by atomic mass is 16.7. The first-order valence-electron chi connectivity index (χ1n) is 6.29. The summed E-state index contributed by atoms with van der Waals surface area (Å²) in [6, 6.07) is 0. The smallest absolute Gasteiger partial charge is 0.147 e. The zero-order valence-corrected chi connectivity index (χ0v) is 11.6. The molecule has 112 valence electrons. The van der Waals surface area contributed by atoms with Gasteiger partial charge < -0.3 is 33.2 Å². The molecule has 0 aliphatic carbocycles. The number of ether oxygens (including phenoxy) is 7. The molecule has 19 heavy (non-hydrogen) atoms. The maximum atomic E-state index is 5.63. The third kappa shape index (κ3) is 3.43. The second-order valence-corrected chi connectivity index (χ2v) is 4.49. The lowest BCUT2D eigenvalue weighted by molar-refractivity contribution is -0.279. The fourth-order valence-electron chi connectivity index (χ4n) is 2.46. The largest absolute Gasteiger partial charge is 0.376 e. The van der Waals surface area contributed by atoms with E-state index in [9.17, 15) is 0 Å². The summed E-state index contributed by atoms with van der Waals surface area (Å²) in [5, 5.41) is 0. The van der Waals surface area contributed by atoms with Crippen molar-refractivity contribution in [1.29, 1.82) is 0 Å². The molecule has 0 saturated carbocycles. The summed E-state index contributed by atoms with van der Waals surface area (Å²) in [7, 11) is 4.88. The molecule has 2 aliphatic rings. The van der Waals surface area contributed by atoms with Crippen molar-refractivity contribution in [2.75, 3.05) is 48.1 Å². The Hall–Kier alpha value is -0.280. The average molecular weight is 278 g/mol. The van der Waals surface area contributed by atoms with Crippen LogP contribution in [0.5, 0.6) is 0 Å². The summed E-state index contributed by atoms with van der Waals surface area (Å²) in [5.74, 6) is 0. The standard InChI is InChI=1S/C12H22O7/c1-13-8-4-16-6-18-10(8)12(15-3)11-9(14-2)5-17-7-19-11/h8-12H,4-7H2,1-3H3/t8-,9+,10-,11-,12?/m1/s1. The van der Waals surface area contributed by atoms with Crippen LogP contribution in [0, 0.1) is 0 Å². The Morgan fingerprint density at radius 1 is 0.842 bits per heavy atom. The molecule has 2 aliphatic heterocycles. The first-order chi connectivity index (χ1) is 9.31. The van der Waals surface area contributed by atoms with Gasteiger partial charge in [-0.25, -0.2) is 0 Å². The van der Waals surface area contributed by atoms with Crippen LogP contribution >= 0.6 is 0 Å². The summed E-state index contributed by atoms with van der Waals surface area (Å²) >= 11 is 0. The third-order valence-electron chi connectivity index (χ3n) is 3.51. The van der Waals surface area contributed by atoms with Crippen molar-refractivity contribution in [2.45, 2.75) is 30.5 Å². The van der Waals surface area contributed by atoms with E-state index in [2.05, 4.69) is 0 Å². The predicted molar refractivity (Wildman–Crippen MR) is 63.8 cm³/mol. The van der Waals surface area contributed by atoms with Crippen molar-refractivity contribution in [3.63, 3.8) is 0 Å². The van der Waals surface area contributed by atoms with E-state index in [-0.39, 0.29) is 44.1 Å². The van der Waals surface area contributed by atoms with E-state index >= 15 is 0 Å². The Balaban J connectivity index is 2.07. The quantitative estimate of drug-likeness (QED) is 0.688. The molecule has 0 amide bonds. The second kappa shape index (κ2) is 7.49. The van der Waals surface area contributed by atoms with Gasteiger partial charge in [0.2, 0.25) is 0 Å². The number of hydrogen-bond donors (Lipinski definition) is 0. The van der Waals surface area contributed by atoms with Crippen LogP contribution in [0.1, 0.15) is 0 Å². The minimum atomic E-state index is -0.303. The monoisotopic (exact) mass is 278 g/mol. The zero-order chi connectivity index (χ0) is 13.7. The van der Waals surface area contributed by atoms with Gasteiger partial charge in [-0.05, 0) is 0 Å². The summed E-state index contributed by atoms with van der Waals surface area (Å²) in [4.78, 5) is 0. The summed E-state index contributed by atoms with van der Waals surface area (Å²) in [5.41, 5.74) is 0. The van der Waals surface area contributed by atoms with Crippen LogP contribution in [0.25, 0.3) is 0 Å². The van der Waals surface area contributed by atoms with E-state index in [1.807, 2.05) is 0 Å². The van der Waals surface area contributed by atoms with Gasteiger partial charge in [0, 0.05) is 21.3 Å². The fourth-order valence-corrected chi connectivity index (χ4v) is 2.46. The first kappa shape index (κ1) is 15.1. The summed E-state index contributed by atoms with van der Waals surface area (Å²) in [6.45, 7) is 1.40. The topological polar surface area (TPSA) is 64.6 Å². The molecule has 0 radical (unpaired) electrons. The molecule has 2 fully saturated rings. The van der Waals surface area contributed by atoms with Crippen LogP contribution in [0.3, 0.4) is 0 Å². The normalized spacial score (nSPS) is 38.1. The van der Waals surface area contributed by atoms with Crippen molar-refractivity contribution < 1.29 is 33.2 Å². The van der Waals surface area contributed by atoms with Gasteiger partial charge in [-0.1, -0.05) is 0 Å². The Morgan fingerprint density at radius 3 is 1.68 bits per heavy atom. The van der Waals surface area contributed by atoms with Crippen molar-refractivity contribution >= 4 is 0 Å². The first-order valence-corrected chi connectivity index (χ1v) is 6.29. The van der Waals surface area contributed by atoms with E-state index in [0.29, 0.717) is 13.2 Å². The Labute approximate surface area is 113 Å². The molecule has 0 spiro atoms. The average Bonchev–Trinajstić information content (AvgIpc) is 2.49. The minimum Gasteiger partial charge on any atom is -0.376 e. The molecule has 5 atom stereocenters. The lowest BCUT2D eigenvalue weighted by atomic mass is 9.98. The van der Waals surface area contributed by atoms with E-state index in [1.165, 1.54) is 0 Å². The fraction of sp³-hybridized carbons (Fsp3) is 1.00. The molecule has 1 unspecified atom stereocenters. The molecule has 0 N–H and O–H groups in total. The van der Waals surface area contributed by atoms with Gasteiger partial charge in [-0.15, -0.1) is 0 Å². The molecule has 0 aromatic rings.